The van der Waals surface area contributed by atoms with E-state index in [1.54, 1.807) is 14.2 Å². The van der Waals surface area contributed by atoms with Gasteiger partial charge in [-0.05, 0) is 54.8 Å². The molecule has 4 nitrogen and oxygen atoms in total. The molecule has 2 rings (SSSR count). The molecule has 2 aromatic rings. The molecule has 2 aromatic carbocycles. The maximum absolute atomic E-state index is 6.26. The van der Waals surface area contributed by atoms with Gasteiger partial charge in [-0.3, -0.25) is 0 Å². The van der Waals surface area contributed by atoms with Crippen LogP contribution in [0.4, 0.5) is 0 Å². The highest BCUT2D eigenvalue weighted by atomic mass is 35.5. The number of hydrogen-bond acceptors (Lipinski definition) is 4. The lowest BCUT2D eigenvalue weighted by atomic mass is 10.1. The number of halogens is 1. The van der Waals surface area contributed by atoms with E-state index in [-0.39, 0.29) is 0 Å². The van der Waals surface area contributed by atoms with Gasteiger partial charge in [0, 0.05) is 6.54 Å². The zero-order chi connectivity index (χ0) is 18.1. The third-order valence-corrected chi connectivity index (χ3v) is 4.12. The van der Waals surface area contributed by atoms with Crippen LogP contribution in [-0.4, -0.2) is 27.4 Å². The van der Waals surface area contributed by atoms with Crippen molar-refractivity contribution in [2.45, 2.75) is 26.3 Å². The van der Waals surface area contributed by atoms with E-state index in [1.807, 2.05) is 30.3 Å². The summed E-state index contributed by atoms with van der Waals surface area (Å²) in [6.45, 7) is 4.38. The Bertz CT molecular complexity index is 676. The first-order chi connectivity index (χ1) is 12.2. The van der Waals surface area contributed by atoms with Crippen molar-refractivity contribution in [1.29, 1.82) is 0 Å². The third kappa shape index (κ3) is 5.83. The number of rotatable bonds is 10. The van der Waals surface area contributed by atoms with E-state index in [0.29, 0.717) is 11.6 Å². The van der Waals surface area contributed by atoms with Gasteiger partial charge in [0.1, 0.15) is 5.75 Å². The summed E-state index contributed by atoms with van der Waals surface area (Å²) >= 11 is 6.26. The van der Waals surface area contributed by atoms with E-state index < -0.39 is 0 Å². The van der Waals surface area contributed by atoms with E-state index in [0.717, 1.165) is 48.7 Å². The molecule has 0 heterocycles. The van der Waals surface area contributed by atoms with Crippen molar-refractivity contribution in [2.75, 3.05) is 27.4 Å². The van der Waals surface area contributed by atoms with Gasteiger partial charge in [0.2, 0.25) is 0 Å². The fraction of sp³-hybridized carbons (Fsp3) is 0.400. The highest BCUT2D eigenvalue weighted by Gasteiger charge is 2.05. The van der Waals surface area contributed by atoms with Crippen LogP contribution in [0.1, 0.15) is 24.5 Å². The van der Waals surface area contributed by atoms with E-state index >= 15 is 0 Å². The lowest BCUT2D eigenvalue weighted by molar-refractivity contribution is 0.317. The second-order valence-corrected chi connectivity index (χ2v) is 6.14. The molecule has 136 valence electrons. The number of hydrogen-bond donors (Lipinski definition) is 1. The first-order valence-electron chi connectivity index (χ1n) is 8.50. The summed E-state index contributed by atoms with van der Waals surface area (Å²) in [5.74, 6) is 2.26. The Kier molecular flexibility index (Phi) is 7.89. The molecule has 0 fully saturated rings. The van der Waals surface area contributed by atoms with Gasteiger partial charge in [-0.25, -0.2) is 0 Å². The topological polar surface area (TPSA) is 39.7 Å². The smallest absolute Gasteiger partial charge is 0.160 e. The standard InChI is InChI=1S/C20H26ClNO3/c1-4-11-25-18-7-6-16(12-17(18)21)14-22-10-9-15-5-8-19(23-2)20(13-15)24-3/h5-8,12-13,22H,4,9-11,14H2,1-3H3. The summed E-state index contributed by atoms with van der Waals surface area (Å²) in [6.07, 6.45) is 1.88. The summed E-state index contributed by atoms with van der Waals surface area (Å²) in [4.78, 5) is 0. The van der Waals surface area contributed by atoms with Crippen molar-refractivity contribution >= 4 is 11.6 Å². The van der Waals surface area contributed by atoms with Gasteiger partial charge < -0.3 is 19.5 Å². The Morgan fingerprint density at radius 1 is 0.920 bits per heavy atom. The van der Waals surface area contributed by atoms with Gasteiger partial charge in [-0.2, -0.15) is 0 Å². The average molecular weight is 364 g/mol. The fourth-order valence-corrected chi connectivity index (χ4v) is 2.74. The SMILES string of the molecule is CCCOc1ccc(CNCCc2ccc(OC)c(OC)c2)cc1Cl. The quantitative estimate of drug-likeness (QED) is 0.632. The molecule has 0 bridgehead atoms. The summed E-state index contributed by atoms with van der Waals surface area (Å²) in [5.41, 5.74) is 2.34. The van der Waals surface area contributed by atoms with Gasteiger partial charge in [0.15, 0.2) is 11.5 Å². The maximum Gasteiger partial charge on any atom is 0.160 e. The summed E-state index contributed by atoms with van der Waals surface area (Å²) in [5, 5.41) is 4.09. The summed E-state index contributed by atoms with van der Waals surface area (Å²) < 4.78 is 16.2. The van der Waals surface area contributed by atoms with E-state index in [2.05, 4.69) is 18.3 Å². The largest absolute Gasteiger partial charge is 0.493 e. The van der Waals surface area contributed by atoms with Gasteiger partial charge in [0.05, 0.1) is 25.8 Å². The highest BCUT2D eigenvalue weighted by molar-refractivity contribution is 6.32. The van der Waals surface area contributed by atoms with Crippen LogP contribution in [0.5, 0.6) is 17.2 Å². The molecule has 0 atom stereocenters. The van der Waals surface area contributed by atoms with Crippen molar-refractivity contribution in [3.63, 3.8) is 0 Å². The molecule has 0 aliphatic carbocycles. The molecule has 1 N–H and O–H groups in total. The first-order valence-corrected chi connectivity index (χ1v) is 8.88. The van der Waals surface area contributed by atoms with E-state index in [1.165, 1.54) is 5.56 Å². The van der Waals surface area contributed by atoms with E-state index in [4.69, 9.17) is 25.8 Å². The molecule has 0 unspecified atom stereocenters. The zero-order valence-electron chi connectivity index (χ0n) is 15.1. The maximum atomic E-state index is 6.26. The van der Waals surface area contributed by atoms with Crippen molar-refractivity contribution in [1.82, 2.24) is 5.32 Å². The van der Waals surface area contributed by atoms with Crippen LogP contribution >= 0.6 is 11.6 Å². The number of benzene rings is 2. The van der Waals surface area contributed by atoms with Gasteiger partial charge in [0.25, 0.3) is 0 Å². The third-order valence-electron chi connectivity index (χ3n) is 3.83. The molecule has 0 spiro atoms. The monoisotopic (exact) mass is 363 g/mol. The average Bonchev–Trinajstić information content (AvgIpc) is 2.64. The predicted molar refractivity (Wildman–Crippen MR) is 102 cm³/mol. The Hall–Kier alpha value is -1.91. The molecule has 0 aliphatic heterocycles. The van der Waals surface area contributed by atoms with Gasteiger partial charge >= 0.3 is 0 Å². The molecule has 0 radical (unpaired) electrons. The normalized spacial score (nSPS) is 10.6. The van der Waals surface area contributed by atoms with Crippen LogP contribution in [0.15, 0.2) is 36.4 Å². The van der Waals surface area contributed by atoms with E-state index in [9.17, 15) is 0 Å². The highest BCUT2D eigenvalue weighted by Crippen LogP contribution is 2.28. The van der Waals surface area contributed by atoms with Crippen LogP contribution in [0, 0.1) is 0 Å². The second-order valence-electron chi connectivity index (χ2n) is 5.73. The first kappa shape index (κ1) is 19.4. The second kappa shape index (κ2) is 10.2. The van der Waals surface area contributed by atoms with Crippen LogP contribution in [0.2, 0.25) is 5.02 Å². The van der Waals surface area contributed by atoms with Crippen molar-refractivity contribution < 1.29 is 14.2 Å². The molecular formula is C20H26ClNO3. The zero-order valence-corrected chi connectivity index (χ0v) is 15.9. The van der Waals surface area contributed by atoms with Crippen LogP contribution in [0.3, 0.4) is 0 Å². The molecule has 25 heavy (non-hydrogen) atoms. The summed E-state index contributed by atoms with van der Waals surface area (Å²) in [7, 11) is 3.29. The summed E-state index contributed by atoms with van der Waals surface area (Å²) in [6, 6.07) is 11.9. The van der Waals surface area contributed by atoms with Crippen LogP contribution in [-0.2, 0) is 13.0 Å². The molecule has 0 saturated heterocycles. The minimum Gasteiger partial charge on any atom is -0.493 e. The molecule has 5 heteroatoms. The molecule has 0 amide bonds. The number of nitrogens with one attached hydrogen (secondary N) is 1. The van der Waals surface area contributed by atoms with Crippen LogP contribution in [0.25, 0.3) is 0 Å². The van der Waals surface area contributed by atoms with Crippen molar-refractivity contribution in [2.24, 2.45) is 0 Å². The lowest BCUT2D eigenvalue weighted by Crippen LogP contribution is -2.16. The molecule has 0 saturated carbocycles. The predicted octanol–water partition coefficient (Wildman–Crippen LogP) is 4.48. The van der Waals surface area contributed by atoms with Gasteiger partial charge in [-0.1, -0.05) is 30.7 Å². The Balaban J connectivity index is 1.82. The van der Waals surface area contributed by atoms with Gasteiger partial charge in [-0.15, -0.1) is 0 Å². The number of methoxy groups -OCH3 is 2. The molecule has 0 aliphatic rings. The Labute approximate surface area is 155 Å². The minimum absolute atomic E-state index is 0.660. The van der Waals surface area contributed by atoms with Crippen molar-refractivity contribution in [3.05, 3.63) is 52.5 Å². The Morgan fingerprint density at radius 3 is 2.32 bits per heavy atom. The molecular weight excluding hydrogens is 338 g/mol. The minimum atomic E-state index is 0.660. The van der Waals surface area contributed by atoms with Crippen molar-refractivity contribution in [3.8, 4) is 17.2 Å². The number of ether oxygens (including phenoxy) is 3. The van der Waals surface area contributed by atoms with Crippen LogP contribution < -0.4 is 19.5 Å². The molecule has 0 aromatic heterocycles. The fourth-order valence-electron chi connectivity index (χ4n) is 2.48. The lowest BCUT2D eigenvalue weighted by Gasteiger charge is -2.11. The Morgan fingerprint density at radius 2 is 1.64 bits per heavy atom.